The molecule has 0 saturated carbocycles. The Hall–Kier alpha value is -0.890. The van der Waals surface area contributed by atoms with Gasteiger partial charge in [0.25, 0.3) is 0 Å². The molecule has 0 aliphatic heterocycles. The summed E-state index contributed by atoms with van der Waals surface area (Å²) in [7, 11) is 0. The van der Waals surface area contributed by atoms with Crippen LogP contribution in [-0.4, -0.2) is 6.54 Å². The Morgan fingerprint density at radius 3 is 2.59 bits per heavy atom. The van der Waals surface area contributed by atoms with E-state index in [9.17, 15) is 4.39 Å². The van der Waals surface area contributed by atoms with Gasteiger partial charge in [-0.3, -0.25) is 0 Å². The molecule has 0 radical (unpaired) electrons. The van der Waals surface area contributed by atoms with Crippen LogP contribution in [0.5, 0.6) is 0 Å². The van der Waals surface area contributed by atoms with Gasteiger partial charge in [0.05, 0.1) is 0 Å². The fourth-order valence-corrected chi connectivity index (χ4v) is 1.87. The SMILES string of the molecule is CCCCCCCNCc1ccc(C)cc1F. The first-order valence-corrected chi connectivity index (χ1v) is 6.69. The number of hydrogen-bond donors (Lipinski definition) is 1. The van der Waals surface area contributed by atoms with Crippen LogP contribution in [0.25, 0.3) is 0 Å². The van der Waals surface area contributed by atoms with Gasteiger partial charge in [-0.15, -0.1) is 0 Å². The molecule has 0 aromatic heterocycles. The van der Waals surface area contributed by atoms with Crippen molar-refractivity contribution >= 4 is 0 Å². The van der Waals surface area contributed by atoms with Crippen LogP contribution in [0.3, 0.4) is 0 Å². The summed E-state index contributed by atoms with van der Waals surface area (Å²) in [6.45, 7) is 5.75. The third-order valence-corrected chi connectivity index (χ3v) is 2.98. The number of nitrogens with one attached hydrogen (secondary N) is 1. The van der Waals surface area contributed by atoms with E-state index in [0.29, 0.717) is 6.54 Å². The summed E-state index contributed by atoms with van der Waals surface area (Å²) >= 11 is 0. The summed E-state index contributed by atoms with van der Waals surface area (Å²) in [5.74, 6) is -0.0940. The first kappa shape index (κ1) is 14.2. The minimum atomic E-state index is -0.0940. The van der Waals surface area contributed by atoms with E-state index in [1.54, 1.807) is 6.07 Å². The minimum absolute atomic E-state index is 0.0940. The molecule has 0 aliphatic carbocycles. The lowest BCUT2D eigenvalue weighted by Gasteiger charge is -2.06. The van der Waals surface area contributed by atoms with Gasteiger partial charge in [0.1, 0.15) is 5.82 Å². The molecule has 1 rings (SSSR count). The molecule has 0 spiro atoms. The van der Waals surface area contributed by atoms with Crippen LogP contribution in [0.1, 0.15) is 50.2 Å². The summed E-state index contributed by atoms with van der Waals surface area (Å²) in [6, 6.07) is 5.42. The van der Waals surface area contributed by atoms with Crippen molar-refractivity contribution in [3.05, 3.63) is 35.1 Å². The zero-order chi connectivity index (χ0) is 12.5. The summed E-state index contributed by atoms with van der Waals surface area (Å²) in [5, 5.41) is 3.30. The summed E-state index contributed by atoms with van der Waals surface area (Å²) in [5.41, 5.74) is 1.75. The van der Waals surface area contributed by atoms with Crippen LogP contribution >= 0.6 is 0 Å². The molecule has 1 nitrogen and oxygen atoms in total. The van der Waals surface area contributed by atoms with Crippen LogP contribution in [0.15, 0.2) is 18.2 Å². The average molecular weight is 237 g/mol. The monoisotopic (exact) mass is 237 g/mol. The maximum atomic E-state index is 13.5. The molecule has 0 bridgehead atoms. The standard InChI is InChI=1S/C15H24FN/c1-3-4-5-6-7-10-17-12-14-9-8-13(2)11-15(14)16/h8-9,11,17H,3-7,10,12H2,1-2H3. The van der Waals surface area contributed by atoms with Gasteiger partial charge in [0, 0.05) is 12.1 Å². The predicted molar refractivity (Wildman–Crippen MR) is 71.6 cm³/mol. The van der Waals surface area contributed by atoms with Crippen molar-refractivity contribution in [2.45, 2.75) is 52.5 Å². The molecule has 0 unspecified atom stereocenters. The van der Waals surface area contributed by atoms with Gasteiger partial charge in [-0.05, 0) is 31.5 Å². The molecule has 1 N–H and O–H groups in total. The van der Waals surface area contributed by atoms with E-state index in [2.05, 4.69) is 12.2 Å². The highest BCUT2D eigenvalue weighted by Gasteiger charge is 2.00. The van der Waals surface area contributed by atoms with Crippen molar-refractivity contribution in [2.75, 3.05) is 6.54 Å². The Morgan fingerprint density at radius 2 is 1.88 bits per heavy atom. The second kappa shape index (κ2) is 8.24. The molecular weight excluding hydrogens is 213 g/mol. The summed E-state index contributed by atoms with van der Waals surface area (Å²) in [4.78, 5) is 0. The third-order valence-electron chi connectivity index (χ3n) is 2.98. The van der Waals surface area contributed by atoms with Crippen molar-refractivity contribution in [2.24, 2.45) is 0 Å². The topological polar surface area (TPSA) is 12.0 Å². The minimum Gasteiger partial charge on any atom is -0.313 e. The van der Waals surface area contributed by atoms with Crippen molar-refractivity contribution in [1.29, 1.82) is 0 Å². The van der Waals surface area contributed by atoms with Crippen molar-refractivity contribution in [3.8, 4) is 0 Å². The van der Waals surface area contributed by atoms with Gasteiger partial charge in [0.2, 0.25) is 0 Å². The molecule has 96 valence electrons. The Labute approximate surface area is 104 Å². The van der Waals surface area contributed by atoms with Gasteiger partial charge in [-0.1, -0.05) is 44.7 Å². The Balaban J connectivity index is 2.14. The predicted octanol–water partition coefficient (Wildman–Crippen LogP) is 4.19. The number of aryl methyl sites for hydroxylation is 1. The van der Waals surface area contributed by atoms with E-state index < -0.39 is 0 Å². The fourth-order valence-electron chi connectivity index (χ4n) is 1.87. The Bertz CT molecular complexity index is 323. The smallest absolute Gasteiger partial charge is 0.127 e. The largest absolute Gasteiger partial charge is 0.313 e. The first-order chi connectivity index (χ1) is 8.24. The van der Waals surface area contributed by atoms with Gasteiger partial charge in [-0.2, -0.15) is 0 Å². The molecule has 0 saturated heterocycles. The number of halogens is 1. The van der Waals surface area contributed by atoms with E-state index in [1.807, 2.05) is 19.1 Å². The first-order valence-electron chi connectivity index (χ1n) is 6.69. The second-order valence-electron chi connectivity index (χ2n) is 4.69. The maximum Gasteiger partial charge on any atom is 0.127 e. The van der Waals surface area contributed by atoms with E-state index in [1.165, 1.54) is 32.1 Å². The molecule has 2 heteroatoms. The number of rotatable bonds is 8. The van der Waals surface area contributed by atoms with Crippen LogP contribution < -0.4 is 5.32 Å². The Kier molecular flexibility index (Phi) is 6.87. The third kappa shape index (κ3) is 5.83. The van der Waals surface area contributed by atoms with E-state index in [4.69, 9.17) is 0 Å². The maximum absolute atomic E-state index is 13.5. The summed E-state index contributed by atoms with van der Waals surface area (Å²) < 4.78 is 13.5. The normalized spacial score (nSPS) is 10.8. The van der Waals surface area contributed by atoms with Gasteiger partial charge < -0.3 is 5.32 Å². The zero-order valence-corrected chi connectivity index (χ0v) is 11.1. The Morgan fingerprint density at radius 1 is 1.12 bits per heavy atom. The fraction of sp³-hybridized carbons (Fsp3) is 0.600. The highest BCUT2D eigenvalue weighted by molar-refractivity contribution is 5.23. The van der Waals surface area contributed by atoms with Crippen LogP contribution in [0.4, 0.5) is 4.39 Å². The van der Waals surface area contributed by atoms with E-state index in [0.717, 1.165) is 17.7 Å². The number of benzene rings is 1. The molecule has 0 atom stereocenters. The lowest BCUT2D eigenvalue weighted by atomic mass is 10.1. The second-order valence-corrected chi connectivity index (χ2v) is 4.69. The molecule has 0 fully saturated rings. The lowest BCUT2D eigenvalue weighted by Crippen LogP contribution is -2.15. The van der Waals surface area contributed by atoms with Crippen molar-refractivity contribution < 1.29 is 4.39 Å². The quantitative estimate of drug-likeness (QED) is 0.668. The highest BCUT2D eigenvalue weighted by Crippen LogP contribution is 2.09. The molecular formula is C15H24FN. The molecule has 0 amide bonds. The van der Waals surface area contributed by atoms with Crippen molar-refractivity contribution in [1.82, 2.24) is 5.32 Å². The van der Waals surface area contributed by atoms with Crippen LogP contribution in [-0.2, 0) is 6.54 Å². The van der Waals surface area contributed by atoms with Gasteiger partial charge in [0.15, 0.2) is 0 Å². The molecule has 17 heavy (non-hydrogen) atoms. The van der Waals surface area contributed by atoms with Gasteiger partial charge in [-0.25, -0.2) is 4.39 Å². The lowest BCUT2D eigenvalue weighted by molar-refractivity contribution is 0.561. The van der Waals surface area contributed by atoms with Gasteiger partial charge >= 0.3 is 0 Å². The van der Waals surface area contributed by atoms with Crippen LogP contribution in [0.2, 0.25) is 0 Å². The molecule has 0 aliphatic rings. The molecule has 1 aromatic carbocycles. The number of hydrogen-bond acceptors (Lipinski definition) is 1. The van der Waals surface area contributed by atoms with Crippen molar-refractivity contribution in [3.63, 3.8) is 0 Å². The highest BCUT2D eigenvalue weighted by atomic mass is 19.1. The van der Waals surface area contributed by atoms with E-state index in [-0.39, 0.29) is 5.82 Å². The van der Waals surface area contributed by atoms with E-state index >= 15 is 0 Å². The average Bonchev–Trinajstić information content (AvgIpc) is 2.30. The number of unbranched alkanes of at least 4 members (excludes halogenated alkanes) is 4. The molecule has 1 aromatic rings. The summed E-state index contributed by atoms with van der Waals surface area (Å²) in [6.07, 6.45) is 6.39. The van der Waals surface area contributed by atoms with Crippen LogP contribution in [0, 0.1) is 12.7 Å². The zero-order valence-electron chi connectivity index (χ0n) is 11.1. The molecule has 0 heterocycles.